The fraction of sp³-hybridized carbons (Fsp3) is 0.733. The number of unbranched alkanes of at least 4 members (excludes halogenated alkanes) is 1. The van der Waals surface area contributed by atoms with Crippen LogP contribution < -0.4 is 5.32 Å². The first-order chi connectivity index (χ1) is 9.83. The van der Waals surface area contributed by atoms with Crippen LogP contribution in [0.15, 0.2) is 0 Å². The number of rotatable bonds is 3. The number of hydrogen-bond acceptors (Lipinski definition) is 5. The standard InChI is InChI=1S/C15H20N4O2/c1-4-5-6-13(2)14(7-16)9-19(3)10-15(13,8-17)12(21)18-11(14)20/h4-6,9-10H2,1-3H3,(H,18,20,21). The van der Waals surface area contributed by atoms with Gasteiger partial charge in [-0.1, -0.05) is 26.7 Å². The molecule has 2 heterocycles. The smallest absolute Gasteiger partial charge is 0.249 e. The van der Waals surface area contributed by atoms with Crippen molar-refractivity contribution in [2.24, 2.45) is 16.2 Å². The van der Waals surface area contributed by atoms with Crippen molar-refractivity contribution in [1.29, 1.82) is 10.5 Å². The Bertz CT molecular complexity index is 531. The Kier molecular flexibility index (Phi) is 3.55. The lowest BCUT2D eigenvalue weighted by Gasteiger charge is -2.59. The molecule has 2 unspecified atom stereocenters. The number of carbonyl (C=O) groups is 2. The molecule has 2 atom stereocenters. The SMILES string of the molecule is CCCCC1(C)C2(C#N)CN(C)CC1(C#N)C(=O)NC2=O. The number of nitrogens with one attached hydrogen (secondary N) is 1. The van der Waals surface area contributed by atoms with Crippen molar-refractivity contribution in [2.75, 3.05) is 20.1 Å². The first-order valence-electron chi connectivity index (χ1n) is 7.20. The number of nitriles is 2. The van der Waals surface area contributed by atoms with E-state index >= 15 is 0 Å². The van der Waals surface area contributed by atoms with Gasteiger partial charge in [0.2, 0.25) is 11.8 Å². The van der Waals surface area contributed by atoms with Crippen LogP contribution >= 0.6 is 0 Å². The van der Waals surface area contributed by atoms with E-state index in [1.807, 2.05) is 6.92 Å². The number of amides is 2. The van der Waals surface area contributed by atoms with E-state index < -0.39 is 28.1 Å². The highest BCUT2D eigenvalue weighted by atomic mass is 16.2. The van der Waals surface area contributed by atoms with Crippen LogP contribution in [0.4, 0.5) is 0 Å². The molecule has 0 aromatic heterocycles. The topological polar surface area (TPSA) is 97.0 Å². The Balaban J connectivity index is 2.71. The Morgan fingerprint density at radius 2 is 1.67 bits per heavy atom. The summed E-state index contributed by atoms with van der Waals surface area (Å²) in [6, 6.07) is 4.30. The molecule has 0 aliphatic carbocycles. The van der Waals surface area contributed by atoms with Crippen LogP contribution in [0.1, 0.15) is 33.1 Å². The van der Waals surface area contributed by atoms with Crippen molar-refractivity contribution < 1.29 is 9.59 Å². The molecule has 1 N–H and O–H groups in total. The van der Waals surface area contributed by atoms with Gasteiger partial charge in [-0.15, -0.1) is 0 Å². The van der Waals surface area contributed by atoms with Crippen molar-refractivity contribution in [3.8, 4) is 12.1 Å². The molecule has 2 rings (SSSR count). The molecule has 6 heteroatoms. The van der Waals surface area contributed by atoms with Crippen LogP contribution in [0.25, 0.3) is 0 Å². The second kappa shape index (κ2) is 4.82. The van der Waals surface area contributed by atoms with Gasteiger partial charge in [-0.2, -0.15) is 10.5 Å². The van der Waals surface area contributed by atoms with Gasteiger partial charge in [-0.25, -0.2) is 0 Å². The molecule has 0 aromatic rings. The molecule has 0 aromatic carbocycles. The van der Waals surface area contributed by atoms with E-state index in [0.717, 1.165) is 12.8 Å². The predicted molar refractivity (Wildman–Crippen MR) is 74.4 cm³/mol. The van der Waals surface area contributed by atoms with Gasteiger partial charge in [0.1, 0.15) is 0 Å². The van der Waals surface area contributed by atoms with Crippen LogP contribution in [0.5, 0.6) is 0 Å². The molecule has 2 amide bonds. The molecule has 2 bridgehead atoms. The maximum absolute atomic E-state index is 12.5. The molecule has 0 spiro atoms. The van der Waals surface area contributed by atoms with Gasteiger partial charge in [0.05, 0.1) is 12.1 Å². The van der Waals surface area contributed by atoms with Gasteiger partial charge in [-0.3, -0.25) is 14.9 Å². The van der Waals surface area contributed by atoms with E-state index in [1.54, 1.807) is 18.9 Å². The van der Waals surface area contributed by atoms with E-state index in [4.69, 9.17) is 0 Å². The summed E-state index contributed by atoms with van der Waals surface area (Å²) in [6.45, 7) is 4.26. The number of likely N-dealkylation sites (tertiary alicyclic amines) is 1. The fourth-order valence-corrected chi connectivity index (χ4v) is 3.92. The Labute approximate surface area is 124 Å². The van der Waals surface area contributed by atoms with Crippen molar-refractivity contribution in [1.82, 2.24) is 10.2 Å². The van der Waals surface area contributed by atoms with Crippen LogP contribution in [0, 0.1) is 38.9 Å². The van der Waals surface area contributed by atoms with E-state index in [2.05, 4.69) is 17.5 Å². The van der Waals surface area contributed by atoms with Crippen molar-refractivity contribution >= 4 is 11.8 Å². The van der Waals surface area contributed by atoms with Gasteiger partial charge < -0.3 is 4.90 Å². The summed E-state index contributed by atoms with van der Waals surface area (Å²) in [5.74, 6) is -1.13. The van der Waals surface area contributed by atoms with Crippen LogP contribution in [-0.2, 0) is 9.59 Å². The van der Waals surface area contributed by atoms with Crippen molar-refractivity contribution in [3.05, 3.63) is 0 Å². The summed E-state index contributed by atoms with van der Waals surface area (Å²) in [4.78, 5) is 26.7. The number of hydrogen-bond donors (Lipinski definition) is 1. The second-order valence-electron chi connectivity index (χ2n) is 6.43. The minimum atomic E-state index is -1.36. The maximum Gasteiger partial charge on any atom is 0.249 e. The summed E-state index contributed by atoms with van der Waals surface area (Å²) in [6.07, 6.45) is 2.16. The summed E-state index contributed by atoms with van der Waals surface area (Å²) in [5, 5.41) is 21.8. The first kappa shape index (κ1) is 15.5. The van der Waals surface area contributed by atoms with Crippen molar-refractivity contribution in [2.45, 2.75) is 33.1 Å². The highest BCUT2D eigenvalue weighted by molar-refractivity contribution is 6.07. The largest absolute Gasteiger partial charge is 0.302 e. The lowest BCUT2D eigenvalue weighted by molar-refractivity contribution is -0.176. The minimum Gasteiger partial charge on any atom is -0.302 e. The van der Waals surface area contributed by atoms with E-state index in [1.165, 1.54) is 0 Å². The molecule has 2 fully saturated rings. The molecule has 112 valence electrons. The minimum absolute atomic E-state index is 0.242. The van der Waals surface area contributed by atoms with Crippen molar-refractivity contribution in [3.63, 3.8) is 0 Å². The average molecular weight is 288 g/mol. The number of imide groups is 1. The zero-order valence-electron chi connectivity index (χ0n) is 12.7. The zero-order chi connectivity index (χ0) is 15.9. The number of piperidine rings is 2. The third kappa shape index (κ3) is 1.66. The van der Waals surface area contributed by atoms with Crippen LogP contribution in [-0.4, -0.2) is 36.9 Å². The number of carbonyl (C=O) groups excluding carboxylic acids is 2. The van der Waals surface area contributed by atoms with Gasteiger partial charge in [0, 0.05) is 18.5 Å². The van der Waals surface area contributed by atoms with E-state index in [-0.39, 0.29) is 13.1 Å². The Morgan fingerprint density at radius 3 is 2.05 bits per heavy atom. The summed E-state index contributed by atoms with van der Waals surface area (Å²) in [7, 11) is 1.74. The van der Waals surface area contributed by atoms with Crippen LogP contribution in [0.2, 0.25) is 0 Å². The molecule has 2 aliphatic heterocycles. The lowest BCUT2D eigenvalue weighted by atomic mass is 9.45. The Morgan fingerprint density at radius 1 is 1.19 bits per heavy atom. The highest BCUT2D eigenvalue weighted by Crippen LogP contribution is 2.60. The molecular weight excluding hydrogens is 268 g/mol. The number of fused-ring (bicyclic) bond motifs is 2. The Hall–Kier alpha value is -1.92. The molecule has 2 aliphatic rings. The third-order valence-electron chi connectivity index (χ3n) is 5.31. The predicted octanol–water partition coefficient (Wildman–Crippen LogP) is 0.805. The monoisotopic (exact) mass is 288 g/mol. The fourth-order valence-electron chi connectivity index (χ4n) is 3.92. The molecule has 0 radical (unpaired) electrons. The molecule has 2 saturated heterocycles. The molecule has 6 nitrogen and oxygen atoms in total. The maximum atomic E-state index is 12.5. The first-order valence-corrected chi connectivity index (χ1v) is 7.20. The highest BCUT2D eigenvalue weighted by Gasteiger charge is 2.73. The van der Waals surface area contributed by atoms with Gasteiger partial charge >= 0.3 is 0 Å². The van der Waals surface area contributed by atoms with Gasteiger partial charge in [0.25, 0.3) is 0 Å². The molecule has 0 saturated carbocycles. The summed E-state index contributed by atoms with van der Waals surface area (Å²) < 4.78 is 0. The summed E-state index contributed by atoms with van der Waals surface area (Å²) >= 11 is 0. The quantitative estimate of drug-likeness (QED) is 0.775. The second-order valence-corrected chi connectivity index (χ2v) is 6.43. The van der Waals surface area contributed by atoms with Crippen LogP contribution in [0.3, 0.4) is 0 Å². The van der Waals surface area contributed by atoms with E-state index in [9.17, 15) is 20.1 Å². The summed E-state index contributed by atoms with van der Waals surface area (Å²) in [5.41, 5.74) is -3.69. The third-order valence-corrected chi connectivity index (χ3v) is 5.31. The van der Waals surface area contributed by atoms with Gasteiger partial charge in [-0.05, 0) is 13.5 Å². The molecular formula is C15H20N4O2. The zero-order valence-corrected chi connectivity index (χ0v) is 12.7. The molecule has 21 heavy (non-hydrogen) atoms. The van der Waals surface area contributed by atoms with Gasteiger partial charge in [0.15, 0.2) is 10.8 Å². The number of nitrogens with zero attached hydrogens (tertiary/aromatic N) is 3. The average Bonchev–Trinajstić information content (AvgIpc) is 2.45. The normalized spacial score (nSPS) is 39.3. The lowest BCUT2D eigenvalue weighted by Crippen LogP contribution is -2.76. The van der Waals surface area contributed by atoms with E-state index in [0.29, 0.717) is 6.42 Å².